The lowest BCUT2D eigenvalue weighted by atomic mass is 10.2. The van der Waals surface area contributed by atoms with E-state index in [9.17, 15) is 4.79 Å². The third-order valence-electron chi connectivity index (χ3n) is 1.81. The van der Waals surface area contributed by atoms with Gasteiger partial charge in [0, 0.05) is 0 Å². The number of nitrogens with one attached hydrogen (secondary N) is 1. The van der Waals surface area contributed by atoms with Crippen molar-refractivity contribution in [2.24, 2.45) is 5.84 Å². The maximum Gasteiger partial charge on any atom is 0.274 e. The standard InChI is InChI=1S/C10H11N3O2.ClH/c1-7(10(14)13-12)15-9-4-2-8(6-11)3-5-9;/h2-5,7H,12H2,1H3,(H,13,14);1H. The maximum absolute atomic E-state index is 11.0. The number of benzene rings is 1. The van der Waals surface area contributed by atoms with Crippen LogP contribution in [-0.2, 0) is 4.79 Å². The number of hydrogen-bond acceptors (Lipinski definition) is 4. The maximum atomic E-state index is 11.0. The summed E-state index contributed by atoms with van der Waals surface area (Å²) in [4.78, 5) is 11.0. The molecule has 1 amide bonds. The molecule has 0 aromatic heterocycles. The third-order valence-corrected chi connectivity index (χ3v) is 1.81. The first kappa shape index (κ1) is 14.2. The van der Waals surface area contributed by atoms with Crippen LogP contribution in [0.25, 0.3) is 0 Å². The Morgan fingerprint density at radius 2 is 2.06 bits per heavy atom. The van der Waals surface area contributed by atoms with Crippen molar-refractivity contribution in [2.75, 3.05) is 0 Å². The van der Waals surface area contributed by atoms with Crippen LogP contribution in [0.4, 0.5) is 0 Å². The summed E-state index contributed by atoms with van der Waals surface area (Å²) < 4.78 is 5.27. The number of carbonyl (C=O) groups excluding carboxylic acids is 1. The fraction of sp³-hybridized carbons (Fsp3) is 0.200. The number of ether oxygens (including phenoxy) is 1. The molecule has 86 valence electrons. The topological polar surface area (TPSA) is 88.1 Å². The van der Waals surface area contributed by atoms with E-state index in [1.807, 2.05) is 11.5 Å². The second kappa shape index (κ2) is 6.67. The molecule has 0 heterocycles. The van der Waals surface area contributed by atoms with Gasteiger partial charge in [0.25, 0.3) is 5.91 Å². The average molecular weight is 242 g/mol. The van der Waals surface area contributed by atoms with Crippen LogP contribution in [0.15, 0.2) is 24.3 Å². The van der Waals surface area contributed by atoms with E-state index in [2.05, 4.69) is 0 Å². The molecule has 0 bridgehead atoms. The van der Waals surface area contributed by atoms with E-state index in [1.165, 1.54) is 0 Å². The van der Waals surface area contributed by atoms with Crippen molar-refractivity contribution in [2.45, 2.75) is 13.0 Å². The van der Waals surface area contributed by atoms with Crippen molar-refractivity contribution in [1.82, 2.24) is 5.43 Å². The fourth-order valence-corrected chi connectivity index (χ4v) is 0.983. The molecule has 3 N–H and O–H groups in total. The zero-order chi connectivity index (χ0) is 11.3. The summed E-state index contributed by atoms with van der Waals surface area (Å²) in [6, 6.07) is 8.46. The Bertz CT molecular complexity index is 386. The third kappa shape index (κ3) is 3.77. The van der Waals surface area contributed by atoms with Gasteiger partial charge < -0.3 is 4.74 Å². The summed E-state index contributed by atoms with van der Waals surface area (Å²) >= 11 is 0. The summed E-state index contributed by atoms with van der Waals surface area (Å²) in [5, 5.41) is 8.57. The minimum atomic E-state index is -0.664. The van der Waals surface area contributed by atoms with E-state index < -0.39 is 12.0 Å². The molecule has 1 aromatic rings. The van der Waals surface area contributed by atoms with Gasteiger partial charge >= 0.3 is 0 Å². The van der Waals surface area contributed by atoms with Gasteiger partial charge in [0.2, 0.25) is 0 Å². The SMILES string of the molecule is CC(Oc1ccc(C#N)cc1)C(=O)NN.Cl. The number of halogens is 1. The van der Waals surface area contributed by atoms with Gasteiger partial charge in [-0.3, -0.25) is 10.2 Å². The predicted molar refractivity (Wildman–Crippen MR) is 60.8 cm³/mol. The molecule has 5 nitrogen and oxygen atoms in total. The first-order valence-corrected chi connectivity index (χ1v) is 4.34. The Morgan fingerprint density at radius 3 is 2.50 bits per heavy atom. The van der Waals surface area contributed by atoms with Crippen molar-refractivity contribution in [3.8, 4) is 11.8 Å². The van der Waals surface area contributed by atoms with Gasteiger partial charge in [-0.15, -0.1) is 12.4 Å². The highest BCUT2D eigenvalue weighted by Gasteiger charge is 2.12. The average Bonchev–Trinajstić information content (AvgIpc) is 2.29. The van der Waals surface area contributed by atoms with Gasteiger partial charge in [0.05, 0.1) is 11.6 Å². The lowest BCUT2D eigenvalue weighted by Gasteiger charge is -2.12. The second-order valence-corrected chi connectivity index (χ2v) is 2.90. The molecule has 16 heavy (non-hydrogen) atoms. The summed E-state index contributed by atoms with van der Waals surface area (Å²) in [5.41, 5.74) is 2.53. The molecular formula is C10H12ClN3O2. The first-order chi connectivity index (χ1) is 7.17. The Kier molecular flexibility index (Phi) is 5.93. The largest absolute Gasteiger partial charge is 0.481 e. The number of amides is 1. The number of hydrazine groups is 1. The highest BCUT2D eigenvalue weighted by molar-refractivity contribution is 5.85. The normalized spacial score (nSPS) is 10.6. The molecule has 1 atom stereocenters. The van der Waals surface area contributed by atoms with Crippen LogP contribution in [0.1, 0.15) is 12.5 Å². The van der Waals surface area contributed by atoms with E-state index in [0.717, 1.165) is 0 Å². The molecule has 1 unspecified atom stereocenters. The van der Waals surface area contributed by atoms with E-state index in [4.69, 9.17) is 15.8 Å². The Labute approximate surface area is 99.6 Å². The van der Waals surface area contributed by atoms with Crippen molar-refractivity contribution in [3.63, 3.8) is 0 Å². The lowest BCUT2D eigenvalue weighted by Crippen LogP contribution is -2.40. The van der Waals surface area contributed by atoms with Crippen molar-refractivity contribution in [1.29, 1.82) is 5.26 Å². The number of carbonyl (C=O) groups is 1. The molecule has 0 radical (unpaired) electrons. The predicted octanol–water partition coefficient (Wildman–Crippen LogP) is 0.737. The van der Waals surface area contributed by atoms with Crippen LogP contribution in [0.3, 0.4) is 0 Å². The van der Waals surface area contributed by atoms with E-state index >= 15 is 0 Å². The van der Waals surface area contributed by atoms with Crippen molar-refractivity contribution >= 4 is 18.3 Å². The molecule has 0 aliphatic carbocycles. The van der Waals surface area contributed by atoms with E-state index in [1.54, 1.807) is 31.2 Å². The van der Waals surface area contributed by atoms with Gasteiger partial charge in [-0.05, 0) is 31.2 Å². The zero-order valence-electron chi connectivity index (χ0n) is 8.64. The number of nitriles is 1. The molecule has 0 aliphatic heterocycles. The van der Waals surface area contributed by atoms with Gasteiger partial charge in [0.15, 0.2) is 6.10 Å². The van der Waals surface area contributed by atoms with Crippen LogP contribution in [0, 0.1) is 11.3 Å². The monoisotopic (exact) mass is 241 g/mol. The Morgan fingerprint density at radius 1 is 1.50 bits per heavy atom. The van der Waals surface area contributed by atoms with Gasteiger partial charge in [0.1, 0.15) is 5.75 Å². The lowest BCUT2D eigenvalue weighted by molar-refractivity contribution is -0.127. The summed E-state index contributed by atoms with van der Waals surface area (Å²) in [7, 11) is 0. The number of nitrogens with two attached hydrogens (primary N) is 1. The molecule has 0 saturated carbocycles. The molecule has 0 spiro atoms. The summed E-state index contributed by atoms with van der Waals surface area (Å²) in [6.07, 6.45) is -0.664. The molecule has 0 fully saturated rings. The highest BCUT2D eigenvalue weighted by Crippen LogP contribution is 2.13. The second-order valence-electron chi connectivity index (χ2n) is 2.90. The number of nitrogens with zero attached hydrogens (tertiary/aromatic N) is 1. The molecule has 6 heteroatoms. The van der Waals surface area contributed by atoms with Crippen LogP contribution < -0.4 is 16.0 Å². The highest BCUT2D eigenvalue weighted by atomic mass is 35.5. The molecule has 1 aromatic carbocycles. The molecule has 0 saturated heterocycles. The first-order valence-electron chi connectivity index (χ1n) is 4.34. The van der Waals surface area contributed by atoms with Gasteiger partial charge in [-0.2, -0.15) is 5.26 Å². The van der Waals surface area contributed by atoms with Crippen molar-refractivity contribution in [3.05, 3.63) is 29.8 Å². The fourth-order valence-electron chi connectivity index (χ4n) is 0.983. The number of rotatable bonds is 3. The molecule has 1 rings (SSSR count). The Balaban J connectivity index is 0.00000225. The quantitative estimate of drug-likeness (QED) is 0.464. The van der Waals surface area contributed by atoms with E-state index in [0.29, 0.717) is 11.3 Å². The zero-order valence-corrected chi connectivity index (χ0v) is 9.45. The smallest absolute Gasteiger partial charge is 0.274 e. The van der Waals surface area contributed by atoms with Gasteiger partial charge in [-0.25, -0.2) is 5.84 Å². The van der Waals surface area contributed by atoms with E-state index in [-0.39, 0.29) is 12.4 Å². The molecule has 0 aliphatic rings. The van der Waals surface area contributed by atoms with Crippen LogP contribution in [-0.4, -0.2) is 12.0 Å². The summed E-state index contributed by atoms with van der Waals surface area (Å²) in [6.45, 7) is 1.58. The van der Waals surface area contributed by atoms with Gasteiger partial charge in [-0.1, -0.05) is 0 Å². The van der Waals surface area contributed by atoms with Crippen LogP contribution >= 0.6 is 12.4 Å². The minimum absolute atomic E-state index is 0. The van der Waals surface area contributed by atoms with Crippen molar-refractivity contribution < 1.29 is 9.53 Å². The summed E-state index contributed by atoms with van der Waals surface area (Å²) in [5.74, 6) is 5.06. The van der Waals surface area contributed by atoms with Crippen LogP contribution in [0.2, 0.25) is 0 Å². The minimum Gasteiger partial charge on any atom is -0.481 e. The Hall–Kier alpha value is -1.77. The number of hydrogen-bond donors (Lipinski definition) is 2. The molecular weight excluding hydrogens is 230 g/mol. The van der Waals surface area contributed by atoms with Crippen LogP contribution in [0.5, 0.6) is 5.75 Å².